The first kappa shape index (κ1) is 15.3. The quantitative estimate of drug-likeness (QED) is 0.609. The largest absolute Gasteiger partial charge is 0.450 e. The Labute approximate surface area is 126 Å². The lowest BCUT2D eigenvalue weighted by Gasteiger charge is -2.09. The van der Waals surface area contributed by atoms with Gasteiger partial charge < -0.3 is 4.74 Å². The molecule has 0 aliphatic heterocycles. The Hall–Kier alpha value is -2.14. The van der Waals surface area contributed by atoms with E-state index < -0.39 is 0 Å². The zero-order valence-corrected chi connectivity index (χ0v) is 12.9. The molecule has 110 valence electrons. The van der Waals surface area contributed by atoms with Crippen LogP contribution in [-0.4, -0.2) is 38.4 Å². The van der Waals surface area contributed by atoms with E-state index in [-0.39, 0.29) is 19.0 Å². The Morgan fingerprint density at radius 1 is 1.43 bits per heavy atom. The highest BCUT2D eigenvalue weighted by atomic mass is 32.2. The molecule has 8 heteroatoms. The summed E-state index contributed by atoms with van der Waals surface area (Å²) in [6, 6.07) is 1.77. The van der Waals surface area contributed by atoms with E-state index in [1.807, 2.05) is 20.1 Å². The lowest BCUT2D eigenvalue weighted by Crippen LogP contribution is -2.10. The fourth-order valence-corrected chi connectivity index (χ4v) is 2.39. The Morgan fingerprint density at radius 2 is 2.19 bits per heavy atom. The normalized spacial score (nSPS) is 10.6. The summed E-state index contributed by atoms with van der Waals surface area (Å²) in [5.41, 5.74) is 2.69. The number of aryl methyl sites for hydroxylation is 2. The highest BCUT2D eigenvalue weighted by molar-refractivity contribution is 7.98. The molecule has 0 saturated carbocycles. The topological polar surface area (TPSA) is 93.2 Å². The summed E-state index contributed by atoms with van der Waals surface area (Å²) in [5, 5.41) is 13.4. The zero-order valence-electron chi connectivity index (χ0n) is 12.1. The average molecular weight is 305 g/mol. The van der Waals surface area contributed by atoms with Gasteiger partial charge in [0.25, 0.3) is 5.78 Å². The molecule has 2 heterocycles. The van der Waals surface area contributed by atoms with Gasteiger partial charge in [-0.05, 0) is 32.1 Å². The molecular formula is C13H15N5O2S. The van der Waals surface area contributed by atoms with Gasteiger partial charge in [0.05, 0.1) is 0 Å². The molecule has 0 bridgehead atoms. The maximum atomic E-state index is 11.5. The number of ether oxygens (including phenoxy) is 1. The fourth-order valence-electron chi connectivity index (χ4n) is 2.05. The van der Waals surface area contributed by atoms with Crippen molar-refractivity contribution in [2.24, 2.45) is 0 Å². The van der Waals surface area contributed by atoms with Crippen molar-refractivity contribution >= 4 is 23.5 Å². The van der Waals surface area contributed by atoms with Gasteiger partial charge >= 0.3 is 5.97 Å². The van der Waals surface area contributed by atoms with Crippen LogP contribution in [0.25, 0.3) is 5.78 Å². The first-order valence-electron chi connectivity index (χ1n) is 6.36. The highest BCUT2D eigenvalue weighted by Gasteiger charge is 2.14. The first-order valence-corrected chi connectivity index (χ1v) is 7.58. The molecule has 0 spiro atoms. The zero-order chi connectivity index (χ0) is 15.4. The molecule has 0 aliphatic carbocycles. The van der Waals surface area contributed by atoms with Crippen molar-refractivity contribution in [2.45, 2.75) is 31.8 Å². The molecule has 2 rings (SSSR count). The standard InChI is InChI=1S/C13H15N5O2S/c1-8-10(4-5-11(19)20-7-6-14)9(2)18-12(15-8)16-13(17-18)21-3/h4-5,7H2,1-3H3. The number of hydrogen-bond donors (Lipinski definition) is 0. The van der Waals surface area contributed by atoms with Crippen LogP contribution in [0.1, 0.15) is 23.4 Å². The van der Waals surface area contributed by atoms with Crippen LogP contribution in [0.5, 0.6) is 0 Å². The van der Waals surface area contributed by atoms with Crippen LogP contribution in [0.15, 0.2) is 5.16 Å². The molecule has 0 fully saturated rings. The molecule has 2 aromatic rings. The summed E-state index contributed by atoms with van der Waals surface area (Å²) in [6.45, 7) is 3.60. The number of thioether (sulfide) groups is 1. The number of esters is 1. The molecule has 0 saturated heterocycles. The molecule has 7 nitrogen and oxygen atoms in total. The minimum Gasteiger partial charge on any atom is -0.450 e. The van der Waals surface area contributed by atoms with Crippen LogP contribution in [0.2, 0.25) is 0 Å². The third-order valence-corrected chi connectivity index (χ3v) is 3.63. The molecule has 0 aromatic carbocycles. The number of nitriles is 1. The molecule has 0 N–H and O–H groups in total. The Kier molecular flexibility index (Phi) is 4.75. The van der Waals surface area contributed by atoms with Crippen molar-refractivity contribution in [2.75, 3.05) is 12.9 Å². The van der Waals surface area contributed by atoms with Crippen LogP contribution in [0, 0.1) is 25.2 Å². The van der Waals surface area contributed by atoms with Crippen LogP contribution in [0.4, 0.5) is 0 Å². The lowest BCUT2D eigenvalue weighted by atomic mass is 10.1. The second-order valence-electron chi connectivity index (χ2n) is 4.39. The van der Waals surface area contributed by atoms with Crippen LogP contribution in [0.3, 0.4) is 0 Å². The van der Waals surface area contributed by atoms with E-state index in [1.54, 1.807) is 10.6 Å². The number of aromatic nitrogens is 4. The van der Waals surface area contributed by atoms with Gasteiger partial charge in [-0.3, -0.25) is 4.79 Å². The van der Waals surface area contributed by atoms with Gasteiger partial charge in [0.2, 0.25) is 5.16 Å². The Bertz CT molecular complexity index is 719. The van der Waals surface area contributed by atoms with E-state index in [1.165, 1.54) is 11.8 Å². The number of carbonyl (C=O) groups excluding carboxylic acids is 1. The predicted octanol–water partition coefficient (Wildman–Crippen LogP) is 1.46. The second kappa shape index (κ2) is 6.54. The van der Waals surface area contributed by atoms with Crippen molar-refractivity contribution in [1.29, 1.82) is 5.26 Å². The van der Waals surface area contributed by atoms with Gasteiger partial charge in [0, 0.05) is 17.8 Å². The molecule has 0 unspecified atom stereocenters. The maximum Gasteiger partial charge on any atom is 0.307 e. The predicted molar refractivity (Wildman–Crippen MR) is 76.9 cm³/mol. The van der Waals surface area contributed by atoms with Crippen molar-refractivity contribution in [3.05, 3.63) is 17.0 Å². The minimum atomic E-state index is -0.390. The van der Waals surface area contributed by atoms with Gasteiger partial charge in [-0.15, -0.1) is 5.10 Å². The SMILES string of the molecule is CSc1nc2nc(C)c(CCC(=O)OCC#N)c(C)n2n1. The second-order valence-corrected chi connectivity index (χ2v) is 5.16. The molecule has 0 radical (unpaired) electrons. The molecule has 21 heavy (non-hydrogen) atoms. The third kappa shape index (κ3) is 3.31. The number of nitrogens with zero attached hydrogens (tertiary/aromatic N) is 5. The number of hydrogen-bond acceptors (Lipinski definition) is 7. The lowest BCUT2D eigenvalue weighted by molar-refractivity contribution is -0.142. The van der Waals surface area contributed by atoms with Crippen LogP contribution >= 0.6 is 11.8 Å². The average Bonchev–Trinajstić information content (AvgIpc) is 2.88. The van der Waals surface area contributed by atoms with Gasteiger partial charge in [-0.1, -0.05) is 11.8 Å². The summed E-state index contributed by atoms with van der Waals surface area (Å²) in [6.07, 6.45) is 2.61. The van der Waals surface area contributed by atoms with E-state index in [4.69, 9.17) is 10.00 Å². The number of fused-ring (bicyclic) bond motifs is 1. The summed E-state index contributed by atoms with van der Waals surface area (Å²) >= 11 is 1.45. The van der Waals surface area contributed by atoms with E-state index in [0.29, 0.717) is 17.4 Å². The molecule has 2 aromatic heterocycles. The fraction of sp³-hybridized carbons (Fsp3) is 0.462. The van der Waals surface area contributed by atoms with E-state index in [2.05, 4.69) is 15.1 Å². The van der Waals surface area contributed by atoms with Gasteiger partial charge in [-0.2, -0.15) is 10.2 Å². The van der Waals surface area contributed by atoms with E-state index >= 15 is 0 Å². The molecular weight excluding hydrogens is 290 g/mol. The minimum absolute atomic E-state index is 0.209. The van der Waals surface area contributed by atoms with Gasteiger partial charge in [0.15, 0.2) is 6.61 Å². The van der Waals surface area contributed by atoms with Crippen molar-refractivity contribution < 1.29 is 9.53 Å². The monoisotopic (exact) mass is 305 g/mol. The smallest absolute Gasteiger partial charge is 0.307 e. The summed E-state index contributed by atoms with van der Waals surface area (Å²) in [5.74, 6) is 0.170. The maximum absolute atomic E-state index is 11.5. The molecule has 0 atom stereocenters. The van der Waals surface area contributed by atoms with Crippen molar-refractivity contribution in [3.8, 4) is 6.07 Å². The Balaban J connectivity index is 2.23. The number of carbonyl (C=O) groups is 1. The van der Waals surface area contributed by atoms with Gasteiger partial charge in [-0.25, -0.2) is 9.50 Å². The number of rotatable bonds is 5. The molecule has 0 aliphatic rings. The summed E-state index contributed by atoms with van der Waals surface area (Å²) in [7, 11) is 0. The van der Waals surface area contributed by atoms with Crippen LogP contribution in [-0.2, 0) is 16.0 Å². The Morgan fingerprint density at radius 3 is 2.86 bits per heavy atom. The van der Waals surface area contributed by atoms with Gasteiger partial charge in [0.1, 0.15) is 6.07 Å². The summed E-state index contributed by atoms with van der Waals surface area (Å²) in [4.78, 5) is 20.2. The van der Waals surface area contributed by atoms with E-state index in [9.17, 15) is 4.79 Å². The first-order chi connectivity index (χ1) is 10.1. The third-order valence-electron chi connectivity index (χ3n) is 3.09. The summed E-state index contributed by atoms with van der Waals surface area (Å²) < 4.78 is 6.43. The molecule has 0 amide bonds. The highest BCUT2D eigenvalue weighted by Crippen LogP contribution is 2.18. The van der Waals surface area contributed by atoms with E-state index in [0.717, 1.165) is 17.0 Å². The van der Waals surface area contributed by atoms with Crippen molar-refractivity contribution in [3.63, 3.8) is 0 Å². The van der Waals surface area contributed by atoms with Crippen molar-refractivity contribution in [1.82, 2.24) is 19.6 Å². The van der Waals surface area contributed by atoms with Crippen LogP contribution < -0.4 is 0 Å².